The zero-order valence-electron chi connectivity index (χ0n) is 13.5. The van der Waals surface area contributed by atoms with Gasteiger partial charge in [-0.25, -0.2) is 0 Å². The van der Waals surface area contributed by atoms with Gasteiger partial charge in [-0.2, -0.15) is 13.2 Å². The molecule has 0 bridgehead atoms. The van der Waals surface area contributed by atoms with E-state index in [9.17, 15) is 13.2 Å². The maximum atomic E-state index is 12.8. The lowest BCUT2D eigenvalue weighted by molar-refractivity contribution is -0.148. The summed E-state index contributed by atoms with van der Waals surface area (Å²) in [5.74, 6) is 0.342. The summed E-state index contributed by atoms with van der Waals surface area (Å²) >= 11 is 0. The van der Waals surface area contributed by atoms with Crippen molar-refractivity contribution in [3.63, 3.8) is 0 Å². The highest BCUT2D eigenvalue weighted by Crippen LogP contribution is 2.43. The van der Waals surface area contributed by atoms with Gasteiger partial charge >= 0.3 is 6.18 Å². The number of halogens is 3. The van der Waals surface area contributed by atoms with Crippen LogP contribution in [0.5, 0.6) is 0 Å². The Kier molecular flexibility index (Phi) is 5.24. The van der Waals surface area contributed by atoms with Crippen LogP contribution in [0, 0.1) is 11.3 Å². The molecule has 2 aliphatic rings. The molecule has 0 spiro atoms. The first-order valence-electron chi connectivity index (χ1n) is 8.27. The monoisotopic (exact) mass is 306 g/mol. The lowest BCUT2D eigenvalue weighted by Crippen LogP contribution is -2.47. The van der Waals surface area contributed by atoms with E-state index in [2.05, 4.69) is 26.1 Å². The molecule has 0 heterocycles. The van der Waals surface area contributed by atoms with Crippen LogP contribution < -0.4 is 5.32 Å². The molecule has 0 aromatic rings. The van der Waals surface area contributed by atoms with Crippen molar-refractivity contribution < 1.29 is 13.2 Å². The van der Waals surface area contributed by atoms with Gasteiger partial charge in [-0.15, -0.1) is 0 Å². The smallest absolute Gasteiger partial charge is 0.313 e. The van der Waals surface area contributed by atoms with Gasteiger partial charge in [0.05, 0.1) is 6.54 Å². The fourth-order valence-corrected chi connectivity index (χ4v) is 3.77. The molecule has 2 fully saturated rings. The van der Waals surface area contributed by atoms with Crippen LogP contribution >= 0.6 is 0 Å². The summed E-state index contributed by atoms with van der Waals surface area (Å²) in [5, 5.41) is 3.59. The van der Waals surface area contributed by atoms with Crippen molar-refractivity contribution >= 4 is 0 Å². The Morgan fingerprint density at radius 2 is 1.86 bits per heavy atom. The minimum Gasteiger partial charge on any atom is -0.313 e. The molecule has 124 valence electrons. The number of rotatable bonds is 7. The van der Waals surface area contributed by atoms with Gasteiger partial charge in [-0.1, -0.05) is 20.8 Å². The molecule has 0 amide bonds. The molecule has 2 nitrogen and oxygen atoms in total. The second-order valence-electron chi connectivity index (χ2n) is 7.49. The quantitative estimate of drug-likeness (QED) is 0.769. The Morgan fingerprint density at radius 3 is 2.38 bits per heavy atom. The van der Waals surface area contributed by atoms with Gasteiger partial charge in [0.2, 0.25) is 0 Å². The van der Waals surface area contributed by atoms with Crippen molar-refractivity contribution in [3.05, 3.63) is 0 Å². The zero-order valence-corrected chi connectivity index (χ0v) is 13.5. The SMILES string of the molecule is CCCNC1C(CN(CC(F)(F)F)C2CC2)CCC1(C)C. The van der Waals surface area contributed by atoms with Crippen LogP contribution in [0.3, 0.4) is 0 Å². The highest BCUT2D eigenvalue weighted by molar-refractivity contribution is 4.98. The second kappa shape index (κ2) is 6.45. The zero-order chi connectivity index (χ0) is 15.7. The van der Waals surface area contributed by atoms with Crippen molar-refractivity contribution in [2.75, 3.05) is 19.6 Å². The first-order chi connectivity index (χ1) is 9.73. The van der Waals surface area contributed by atoms with E-state index in [1.54, 1.807) is 4.90 Å². The number of alkyl halides is 3. The lowest BCUT2D eigenvalue weighted by atomic mass is 9.84. The van der Waals surface area contributed by atoms with E-state index in [4.69, 9.17) is 0 Å². The number of nitrogens with zero attached hydrogens (tertiary/aromatic N) is 1. The van der Waals surface area contributed by atoms with Gasteiger partial charge < -0.3 is 5.32 Å². The fraction of sp³-hybridized carbons (Fsp3) is 1.00. The Bertz CT molecular complexity index is 337. The molecule has 1 N–H and O–H groups in total. The Balaban J connectivity index is 1.98. The summed E-state index contributed by atoms with van der Waals surface area (Å²) in [4.78, 5) is 1.69. The summed E-state index contributed by atoms with van der Waals surface area (Å²) in [6.07, 6.45) is 0.981. The van der Waals surface area contributed by atoms with E-state index in [-0.39, 0.29) is 11.5 Å². The molecule has 0 saturated heterocycles. The minimum atomic E-state index is -4.08. The Hall–Kier alpha value is -0.290. The average molecular weight is 306 g/mol. The molecular weight excluding hydrogens is 277 g/mol. The summed E-state index contributed by atoms with van der Waals surface area (Å²) < 4.78 is 38.3. The van der Waals surface area contributed by atoms with Gasteiger partial charge in [0.25, 0.3) is 0 Å². The number of hydrogen-bond donors (Lipinski definition) is 1. The molecule has 0 radical (unpaired) electrons. The second-order valence-corrected chi connectivity index (χ2v) is 7.49. The topological polar surface area (TPSA) is 15.3 Å². The maximum Gasteiger partial charge on any atom is 0.401 e. The van der Waals surface area contributed by atoms with Gasteiger partial charge in [0.1, 0.15) is 0 Å². The van der Waals surface area contributed by atoms with Crippen molar-refractivity contribution in [2.45, 2.75) is 71.1 Å². The third-order valence-corrected chi connectivity index (χ3v) is 5.00. The summed E-state index contributed by atoms with van der Waals surface area (Å²) in [7, 11) is 0. The van der Waals surface area contributed by atoms with Crippen LogP contribution in [0.4, 0.5) is 13.2 Å². The highest BCUT2D eigenvalue weighted by atomic mass is 19.4. The van der Waals surface area contributed by atoms with E-state index in [0.717, 1.165) is 38.6 Å². The van der Waals surface area contributed by atoms with Crippen molar-refractivity contribution in [1.29, 1.82) is 0 Å². The van der Waals surface area contributed by atoms with Crippen molar-refractivity contribution in [2.24, 2.45) is 11.3 Å². The Morgan fingerprint density at radius 1 is 1.19 bits per heavy atom. The summed E-state index contributed by atoms with van der Waals surface area (Å²) in [6, 6.07) is 0.508. The third-order valence-electron chi connectivity index (χ3n) is 5.00. The summed E-state index contributed by atoms with van der Waals surface area (Å²) in [6.45, 7) is 7.42. The summed E-state index contributed by atoms with van der Waals surface area (Å²) in [5.41, 5.74) is 0.188. The van der Waals surface area contributed by atoms with Crippen LogP contribution in [0.25, 0.3) is 0 Å². The fourth-order valence-electron chi connectivity index (χ4n) is 3.77. The highest BCUT2D eigenvalue weighted by Gasteiger charge is 2.45. The maximum absolute atomic E-state index is 12.8. The standard InChI is InChI=1S/C16H29F3N2/c1-4-9-20-14-12(7-8-15(14,2)3)10-21(13-5-6-13)11-16(17,18)19/h12-14,20H,4-11H2,1-3H3. The number of hydrogen-bond acceptors (Lipinski definition) is 2. The lowest BCUT2D eigenvalue weighted by Gasteiger charge is -2.35. The molecule has 0 aromatic carbocycles. The van der Waals surface area contributed by atoms with Crippen LogP contribution in [0.15, 0.2) is 0 Å². The van der Waals surface area contributed by atoms with E-state index < -0.39 is 12.7 Å². The van der Waals surface area contributed by atoms with Crippen molar-refractivity contribution in [3.8, 4) is 0 Å². The van der Waals surface area contributed by atoms with E-state index in [0.29, 0.717) is 18.5 Å². The van der Waals surface area contributed by atoms with E-state index in [1.807, 2.05) is 0 Å². The number of nitrogens with one attached hydrogen (secondary N) is 1. The van der Waals surface area contributed by atoms with Gasteiger partial charge in [0, 0.05) is 18.6 Å². The van der Waals surface area contributed by atoms with Crippen molar-refractivity contribution in [1.82, 2.24) is 10.2 Å². The van der Waals surface area contributed by atoms with Crippen LogP contribution in [-0.4, -0.2) is 42.8 Å². The molecule has 2 rings (SSSR count). The molecule has 2 atom stereocenters. The molecule has 21 heavy (non-hydrogen) atoms. The average Bonchev–Trinajstić information content (AvgIpc) is 3.13. The molecule has 2 saturated carbocycles. The predicted molar refractivity (Wildman–Crippen MR) is 79.2 cm³/mol. The first kappa shape index (κ1) is 17.1. The largest absolute Gasteiger partial charge is 0.401 e. The van der Waals surface area contributed by atoms with Crippen LogP contribution in [0.2, 0.25) is 0 Å². The first-order valence-corrected chi connectivity index (χ1v) is 8.27. The van der Waals surface area contributed by atoms with Gasteiger partial charge in [-0.3, -0.25) is 4.90 Å². The third kappa shape index (κ3) is 4.85. The van der Waals surface area contributed by atoms with E-state index in [1.165, 1.54) is 0 Å². The van der Waals surface area contributed by atoms with Crippen LogP contribution in [-0.2, 0) is 0 Å². The minimum absolute atomic E-state index is 0.169. The van der Waals surface area contributed by atoms with Crippen LogP contribution in [0.1, 0.15) is 52.9 Å². The molecule has 0 aliphatic heterocycles. The molecule has 2 unspecified atom stereocenters. The van der Waals surface area contributed by atoms with Gasteiger partial charge in [-0.05, 0) is 50.0 Å². The Labute approximate surface area is 126 Å². The normalized spacial score (nSPS) is 29.3. The van der Waals surface area contributed by atoms with Gasteiger partial charge in [0.15, 0.2) is 0 Å². The molecular formula is C16H29F3N2. The molecule has 5 heteroatoms. The molecule has 0 aromatic heterocycles. The molecule has 2 aliphatic carbocycles. The predicted octanol–water partition coefficient (Wildman–Crippen LogP) is 3.82. The van der Waals surface area contributed by atoms with E-state index >= 15 is 0 Å².